The summed E-state index contributed by atoms with van der Waals surface area (Å²) in [7, 11) is 0. The summed E-state index contributed by atoms with van der Waals surface area (Å²) in [5.41, 5.74) is 6.42. The molecule has 1 amide bonds. The van der Waals surface area contributed by atoms with E-state index in [-0.39, 0.29) is 12.1 Å². The van der Waals surface area contributed by atoms with Crippen molar-refractivity contribution in [3.05, 3.63) is 69.5 Å². The molecule has 3 N–H and O–H groups in total. The molecule has 1 aromatic heterocycles. The predicted molar refractivity (Wildman–Crippen MR) is 122 cm³/mol. The van der Waals surface area contributed by atoms with Gasteiger partial charge in [-0.3, -0.25) is 9.59 Å². The zero-order chi connectivity index (χ0) is 22.4. The Morgan fingerprint density at radius 3 is 2.68 bits per heavy atom. The molecule has 1 atom stereocenters. The van der Waals surface area contributed by atoms with Gasteiger partial charge in [0.1, 0.15) is 11.5 Å². The average molecular weight is 444 g/mol. The molecule has 0 aliphatic carbocycles. The van der Waals surface area contributed by atoms with Crippen LogP contribution in [0.5, 0.6) is 11.5 Å². The van der Waals surface area contributed by atoms with Crippen molar-refractivity contribution in [2.24, 2.45) is 5.73 Å². The third kappa shape index (κ3) is 5.85. The van der Waals surface area contributed by atoms with E-state index in [2.05, 4.69) is 5.32 Å². The second-order valence-electron chi connectivity index (χ2n) is 7.11. The largest absolute Gasteiger partial charge is 0.457 e. The van der Waals surface area contributed by atoms with E-state index in [0.717, 1.165) is 10.9 Å². The van der Waals surface area contributed by atoms with Gasteiger partial charge in [-0.2, -0.15) is 0 Å². The maximum Gasteiger partial charge on any atom is 0.255 e. The van der Waals surface area contributed by atoms with Crippen LogP contribution in [0.4, 0.5) is 0 Å². The van der Waals surface area contributed by atoms with Crippen molar-refractivity contribution in [1.82, 2.24) is 9.88 Å². The lowest BCUT2D eigenvalue weighted by Gasteiger charge is -2.16. The number of carbonyl (C=O) groups is 1. The van der Waals surface area contributed by atoms with Crippen molar-refractivity contribution in [3.63, 3.8) is 0 Å². The third-order valence-electron chi connectivity index (χ3n) is 4.86. The number of fused-ring (bicyclic) bond motifs is 1. The summed E-state index contributed by atoms with van der Waals surface area (Å²) in [5.74, 6) is 0.726. The van der Waals surface area contributed by atoms with Gasteiger partial charge in [-0.15, -0.1) is 0 Å². The molecule has 3 rings (SSSR count). The molecule has 31 heavy (non-hydrogen) atoms. The highest BCUT2D eigenvalue weighted by atomic mass is 35.5. The van der Waals surface area contributed by atoms with Crippen molar-refractivity contribution in [1.29, 1.82) is 0 Å². The SMILES string of the molecule is CCOCCn1c(=O)c(CNC(C)C(N)=O)cc2ccc(Oc3cccc(Cl)c3)cc21. The lowest BCUT2D eigenvalue weighted by molar-refractivity contribution is -0.119. The lowest BCUT2D eigenvalue weighted by Crippen LogP contribution is -2.39. The van der Waals surface area contributed by atoms with Crippen molar-refractivity contribution < 1.29 is 14.3 Å². The Morgan fingerprint density at radius 1 is 1.19 bits per heavy atom. The van der Waals surface area contributed by atoms with E-state index >= 15 is 0 Å². The monoisotopic (exact) mass is 443 g/mol. The Hall–Kier alpha value is -2.87. The van der Waals surface area contributed by atoms with E-state index in [1.165, 1.54) is 0 Å². The molecular formula is C23H26ClN3O4. The van der Waals surface area contributed by atoms with E-state index in [1.54, 1.807) is 23.6 Å². The highest BCUT2D eigenvalue weighted by molar-refractivity contribution is 6.30. The number of nitrogens with zero attached hydrogens (tertiary/aromatic N) is 1. The summed E-state index contributed by atoms with van der Waals surface area (Å²) in [4.78, 5) is 24.5. The van der Waals surface area contributed by atoms with Crippen LogP contribution in [-0.2, 0) is 22.6 Å². The van der Waals surface area contributed by atoms with Crippen molar-refractivity contribution in [3.8, 4) is 11.5 Å². The molecule has 1 unspecified atom stereocenters. The number of primary amides is 1. The molecule has 1 heterocycles. The molecule has 0 saturated heterocycles. The van der Waals surface area contributed by atoms with Crippen LogP contribution in [0, 0.1) is 0 Å². The minimum atomic E-state index is -0.541. The summed E-state index contributed by atoms with van der Waals surface area (Å²) >= 11 is 6.04. The number of aromatic nitrogens is 1. The number of pyridine rings is 1. The predicted octanol–water partition coefficient (Wildman–Crippen LogP) is 3.45. The van der Waals surface area contributed by atoms with E-state index in [9.17, 15) is 9.59 Å². The Kier molecular flexibility index (Phi) is 7.68. The fraction of sp³-hybridized carbons (Fsp3) is 0.304. The smallest absolute Gasteiger partial charge is 0.255 e. The second-order valence-corrected chi connectivity index (χ2v) is 7.54. The molecule has 0 fully saturated rings. The van der Waals surface area contributed by atoms with Gasteiger partial charge in [0.05, 0.1) is 18.2 Å². The first-order chi connectivity index (χ1) is 14.9. The minimum Gasteiger partial charge on any atom is -0.457 e. The van der Waals surface area contributed by atoms with Gasteiger partial charge in [0.25, 0.3) is 5.56 Å². The van der Waals surface area contributed by atoms with Gasteiger partial charge in [-0.25, -0.2) is 0 Å². The number of halogens is 1. The summed E-state index contributed by atoms with van der Waals surface area (Å²) in [6.07, 6.45) is 0. The Labute approximate surface area is 185 Å². The number of benzene rings is 2. The van der Waals surface area contributed by atoms with Crippen LogP contribution in [0.1, 0.15) is 19.4 Å². The van der Waals surface area contributed by atoms with Crippen LogP contribution in [0.2, 0.25) is 5.02 Å². The van der Waals surface area contributed by atoms with Gasteiger partial charge in [0.15, 0.2) is 0 Å². The number of hydrogen-bond acceptors (Lipinski definition) is 5. The average Bonchev–Trinajstić information content (AvgIpc) is 2.74. The number of nitrogens with two attached hydrogens (primary N) is 1. The zero-order valence-electron chi connectivity index (χ0n) is 17.6. The van der Waals surface area contributed by atoms with Gasteiger partial charge in [0, 0.05) is 36.3 Å². The standard InChI is InChI=1S/C23H26ClN3O4/c1-3-30-10-9-27-21-13-20(31-19-6-4-5-18(24)12-19)8-7-16(21)11-17(23(27)29)14-26-15(2)22(25)28/h4-8,11-13,15,26H,3,9-10,14H2,1-2H3,(H2,25,28). The summed E-state index contributed by atoms with van der Waals surface area (Å²) in [6.45, 7) is 5.16. The van der Waals surface area contributed by atoms with Gasteiger partial charge in [-0.05, 0) is 55.6 Å². The van der Waals surface area contributed by atoms with E-state index in [0.29, 0.717) is 41.8 Å². The molecule has 0 spiro atoms. The number of amides is 1. The summed E-state index contributed by atoms with van der Waals surface area (Å²) in [5, 5.41) is 4.44. The van der Waals surface area contributed by atoms with Crippen LogP contribution in [0.15, 0.2) is 53.3 Å². The molecule has 0 bridgehead atoms. The quantitative estimate of drug-likeness (QED) is 0.468. The molecule has 2 aromatic carbocycles. The first-order valence-electron chi connectivity index (χ1n) is 10.1. The fourth-order valence-electron chi connectivity index (χ4n) is 3.15. The fourth-order valence-corrected chi connectivity index (χ4v) is 3.33. The molecule has 164 valence electrons. The van der Waals surface area contributed by atoms with Gasteiger partial charge < -0.3 is 25.1 Å². The first kappa shape index (κ1) is 22.8. The van der Waals surface area contributed by atoms with Crippen LogP contribution in [0.3, 0.4) is 0 Å². The lowest BCUT2D eigenvalue weighted by atomic mass is 10.1. The van der Waals surface area contributed by atoms with Gasteiger partial charge in [0.2, 0.25) is 5.91 Å². The molecule has 0 aliphatic heterocycles. The Bertz CT molecular complexity index is 1130. The molecule has 0 aliphatic rings. The summed E-state index contributed by atoms with van der Waals surface area (Å²) in [6, 6.07) is 14.0. The van der Waals surface area contributed by atoms with Crippen molar-refractivity contribution in [2.75, 3.05) is 13.2 Å². The van der Waals surface area contributed by atoms with Crippen molar-refractivity contribution in [2.45, 2.75) is 33.0 Å². The molecule has 8 heteroatoms. The first-order valence-corrected chi connectivity index (χ1v) is 10.5. The molecule has 7 nitrogen and oxygen atoms in total. The van der Waals surface area contributed by atoms with Gasteiger partial charge in [-0.1, -0.05) is 17.7 Å². The molecule has 0 radical (unpaired) electrons. The maximum atomic E-state index is 13.2. The second kappa shape index (κ2) is 10.4. The van der Waals surface area contributed by atoms with E-state index < -0.39 is 11.9 Å². The van der Waals surface area contributed by atoms with Crippen LogP contribution < -0.4 is 21.3 Å². The summed E-state index contributed by atoms with van der Waals surface area (Å²) < 4.78 is 13.1. The Balaban J connectivity index is 1.98. The topological polar surface area (TPSA) is 95.6 Å². The highest BCUT2D eigenvalue weighted by Gasteiger charge is 2.13. The van der Waals surface area contributed by atoms with Crippen LogP contribution in [-0.4, -0.2) is 29.7 Å². The Morgan fingerprint density at radius 2 is 1.97 bits per heavy atom. The highest BCUT2D eigenvalue weighted by Crippen LogP contribution is 2.27. The minimum absolute atomic E-state index is 0.156. The normalized spacial score (nSPS) is 12.1. The third-order valence-corrected chi connectivity index (χ3v) is 5.10. The van der Waals surface area contributed by atoms with E-state index in [4.69, 9.17) is 26.8 Å². The maximum absolute atomic E-state index is 13.2. The molecular weight excluding hydrogens is 418 g/mol. The van der Waals surface area contributed by atoms with Gasteiger partial charge >= 0.3 is 0 Å². The van der Waals surface area contributed by atoms with Crippen molar-refractivity contribution >= 4 is 28.4 Å². The number of carbonyl (C=O) groups excluding carboxylic acids is 1. The zero-order valence-corrected chi connectivity index (χ0v) is 18.3. The van der Waals surface area contributed by atoms with E-state index in [1.807, 2.05) is 43.3 Å². The number of rotatable bonds is 10. The molecule has 3 aromatic rings. The number of ether oxygens (including phenoxy) is 2. The molecule has 0 saturated carbocycles. The number of nitrogens with one attached hydrogen (secondary N) is 1. The number of hydrogen-bond donors (Lipinski definition) is 2. The van der Waals surface area contributed by atoms with Crippen LogP contribution in [0.25, 0.3) is 10.9 Å². The van der Waals surface area contributed by atoms with Crippen LogP contribution >= 0.6 is 11.6 Å².